The lowest BCUT2D eigenvalue weighted by molar-refractivity contribution is 0.136. The van der Waals surface area contributed by atoms with Gasteiger partial charge in [-0.2, -0.15) is 0 Å². The van der Waals surface area contributed by atoms with Gasteiger partial charge in [0.2, 0.25) is 0 Å². The van der Waals surface area contributed by atoms with Crippen molar-refractivity contribution in [2.24, 2.45) is 17.6 Å². The maximum Gasteiger partial charge on any atom is 0.125 e. The van der Waals surface area contributed by atoms with Crippen molar-refractivity contribution >= 4 is 0 Å². The third-order valence-electron chi connectivity index (χ3n) is 7.19. The number of halogens is 2. The quantitative estimate of drug-likeness (QED) is 0.538. The van der Waals surface area contributed by atoms with Crippen molar-refractivity contribution in [3.05, 3.63) is 35.2 Å². The Bertz CT molecular complexity index is 680. The summed E-state index contributed by atoms with van der Waals surface area (Å²) >= 11 is 0. The Hall–Kier alpha value is -1.08. The van der Waals surface area contributed by atoms with Crippen LogP contribution in [-0.2, 0) is 4.74 Å². The molecule has 1 heterocycles. The molecule has 4 rings (SSSR count). The molecule has 0 aromatic rings. The molecule has 162 valence electrons. The second kappa shape index (κ2) is 8.96. The number of β-amino-alcohol motifs (C(OH)–C–C–N with tert-alkyl or cyclic N) is 1. The topological polar surface area (TPSA) is 67.5 Å². The minimum Gasteiger partial charge on any atom is -0.390 e. The van der Waals surface area contributed by atoms with Gasteiger partial charge in [0.1, 0.15) is 12.0 Å². The zero-order chi connectivity index (χ0) is 20.4. The van der Waals surface area contributed by atoms with Crippen molar-refractivity contribution < 1.29 is 18.6 Å². The third-order valence-corrected chi connectivity index (χ3v) is 7.19. The third kappa shape index (κ3) is 5.16. The van der Waals surface area contributed by atoms with Gasteiger partial charge in [-0.3, -0.25) is 0 Å². The lowest BCUT2D eigenvalue weighted by atomic mass is 9.77. The average molecular weight is 409 g/mol. The van der Waals surface area contributed by atoms with E-state index in [2.05, 4.69) is 11.4 Å². The standard InChI is InChI=1S/C23H34F2N2O2/c24-19-8-15(9-20(25)12-19)10-21(26)22(28)13-27-23(5-6-23)18-3-1-2-16(11-18)17-4-7-29-14-17/h3,8,12,16-17,20-22,27-28H,1-2,4-7,9-11,13-14,26H2. The number of aliphatic hydroxyl groups is 1. The molecule has 0 radical (unpaired) electrons. The second-order valence-corrected chi connectivity index (χ2v) is 9.37. The molecule has 4 aliphatic rings. The Labute approximate surface area is 172 Å². The molecule has 0 bridgehead atoms. The van der Waals surface area contributed by atoms with Gasteiger partial charge in [0, 0.05) is 37.8 Å². The van der Waals surface area contributed by atoms with Crippen molar-refractivity contribution in [2.45, 2.75) is 75.2 Å². The van der Waals surface area contributed by atoms with Crippen LogP contribution < -0.4 is 11.1 Å². The summed E-state index contributed by atoms with van der Waals surface area (Å²) < 4.78 is 32.5. The molecular formula is C23H34F2N2O2. The zero-order valence-corrected chi connectivity index (χ0v) is 17.1. The molecule has 1 aliphatic heterocycles. The van der Waals surface area contributed by atoms with Gasteiger partial charge < -0.3 is 20.9 Å². The largest absolute Gasteiger partial charge is 0.390 e. The predicted octanol–water partition coefficient (Wildman–Crippen LogP) is 3.47. The van der Waals surface area contributed by atoms with Crippen LogP contribution in [0.15, 0.2) is 35.2 Å². The van der Waals surface area contributed by atoms with Gasteiger partial charge in [-0.1, -0.05) is 17.2 Å². The van der Waals surface area contributed by atoms with E-state index in [0.717, 1.165) is 45.0 Å². The van der Waals surface area contributed by atoms with Crippen LogP contribution in [0.1, 0.15) is 51.4 Å². The van der Waals surface area contributed by atoms with E-state index >= 15 is 0 Å². The summed E-state index contributed by atoms with van der Waals surface area (Å²) in [6, 6.07) is -0.536. The number of ether oxygens (including phenoxy) is 1. The summed E-state index contributed by atoms with van der Waals surface area (Å²) in [4.78, 5) is 0. The van der Waals surface area contributed by atoms with Crippen LogP contribution in [-0.4, -0.2) is 48.7 Å². The van der Waals surface area contributed by atoms with E-state index in [0.29, 0.717) is 30.4 Å². The molecule has 0 aromatic carbocycles. The number of aliphatic hydroxyl groups excluding tert-OH is 1. The summed E-state index contributed by atoms with van der Waals surface area (Å²) in [5, 5.41) is 14.1. The summed E-state index contributed by atoms with van der Waals surface area (Å²) in [5.41, 5.74) is 8.28. The Balaban J connectivity index is 1.28. The second-order valence-electron chi connectivity index (χ2n) is 9.37. The van der Waals surface area contributed by atoms with Gasteiger partial charge >= 0.3 is 0 Å². The van der Waals surface area contributed by atoms with E-state index in [1.54, 1.807) is 0 Å². The fourth-order valence-electron chi connectivity index (χ4n) is 5.21. The van der Waals surface area contributed by atoms with E-state index in [9.17, 15) is 13.9 Å². The van der Waals surface area contributed by atoms with Crippen molar-refractivity contribution in [1.82, 2.24) is 5.32 Å². The average Bonchev–Trinajstić information content (AvgIpc) is 3.28. The molecule has 29 heavy (non-hydrogen) atoms. The maximum atomic E-state index is 13.5. The molecule has 1 saturated carbocycles. The van der Waals surface area contributed by atoms with Crippen LogP contribution >= 0.6 is 0 Å². The number of hydrogen-bond acceptors (Lipinski definition) is 4. The summed E-state index contributed by atoms with van der Waals surface area (Å²) in [6.07, 6.45) is 10.0. The number of rotatable bonds is 8. The first-order valence-corrected chi connectivity index (χ1v) is 11.1. The molecule has 0 amide bonds. The van der Waals surface area contributed by atoms with Gasteiger partial charge in [0.05, 0.1) is 6.10 Å². The minimum absolute atomic E-state index is 0.0157. The highest BCUT2D eigenvalue weighted by atomic mass is 19.1. The van der Waals surface area contributed by atoms with Crippen molar-refractivity contribution in [2.75, 3.05) is 19.8 Å². The number of allylic oxidation sites excluding steroid dienone is 4. The van der Waals surface area contributed by atoms with E-state index in [4.69, 9.17) is 10.5 Å². The molecule has 5 atom stereocenters. The molecule has 3 aliphatic carbocycles. The molecular weight excluding hydrogens is 374 g/mol. The van der Waals surface area contributed by atoms with Gasteiger partial charge in [-0.05, 0) is 68.9 Å². The maximum absolute atomic E-state index is 13.5. The smallest absolute Gasteiger partial charge is 0.125 e. The fraction of sp³-hybridized carbons (Fsp3) is 0.739. The Morgan fingerprint density at radius 3 is 2.79 bits per heavy atom. The van der Waals surface area contributed by atoms with E-state index in [-0.39, 0.29) is 12.0 Å². The highest BCUT2D eigenvalue weighted by Crippen LogP contribution is 2.48. The molecule has 0 aromatic heterocycles. The Kier molecular flexibility index (Phi) is 6.54. The highest BCUT2D eigenvalue weighted by molar-refractivity contribution is 5.31. The van der Waals surface area contributed by atoms with Crippen molar-refractivity contribution in [1.29, 1.82) is 0 Å². The van der Waals surface area contributed by atoms with E-state index in [1.807, 2.05) is 0 Å². The first-order valence-electron chi connectivity index (χ1n) is 11.1. The Morgan fingerprint density at radius 2 is 2.10 bits per heavy atom. The lowest BCUT2D eigenvalue weighted by Crippen LogP contribution is -2.46. The highest BCUT2D eigenvalue weighted by Gasteiger charge is 2.47. The predicted molar refractivity (Wildman–Crippen MR) is 110 cm³/mol. The van der Waals surface area contributed by atoms with Crippen LogP contribution in [0.5, 0.6) is 0 Å². The van der Waals surface area contributed by atoms with Crippen LogP contribution in [0.3, 0.4) is 0 Å². The monoisotopic (exact) mass is 408 g/mol. The van der Waals surface area contributed by atoms with Gasteiger partial charge in [0.15, 0.2) is 0 Å². The summed E-state index contributed by atoms with van der Waals surface area (Å²) in [5.74, 6) is 0.840. The number of alkyl halides is 1. The molecule has 4 nitrogen and oxygen atoms in total. The molecule has 5 unspecified atom stereocenters. The van der Waals surface area contributed by atoms with Crippen LogP contribution in [0.4, 0.5) is 8.78 Å². The van der Waals surface area contributed by atoms with Gasteiger partial charge in [-0.25, -0.2) is 8.78 Å². The Morgan fingerprint density at radius 1 is 1.28 bits per heavy atom. The summed E-state index contributed by atoms with van der Waals surface area (Å²) in [7, 11) is 0. The molecule has 6 heteroatoms. The van der Waals surface area contributed by atoms with Crippen LogP contribution in [0, 0.1) is 11.8 Å². The van der Waals surface area contributed by atoms with Gasteiger partial charge in [0.25, 0.3) is 0 Å². The van der Waals surface area contributed by atoms with Crippen molar-refractivity contribution in [3.63, 3.8) is 0 Å². The fourth-order valence-corrected chi connectivity index (χ4v) is 5.21. The number of nitrogens with one attached hydrogen (secondary N) is 1. The zero-order valence-electron chi connectivity index (χ0n) is 17.1. The molecule has 2 fully saturated rings. The SMILES string of the molecule is NC(CC1=CC(F)=CC(F)C1)C(O)CNC1(C2=CCCC(C3CCOC3)C2)CC1. The summed E-state index contributed by atoms with van der Waals surface area (Å²) in [6.45, 7) is 2.20. The molecule has 1 saturated heterocycles. The molecule has 0 spiro atoms. The minimum atomic E-state index is -1.30. The number of hydrogen-bond donors (Lipinski definition) is 3. The normalized spacial score (nSPS) is 33.5. The molecule has 4 N–H and O–H groups in total. The van der Waals surface area contributed by atoms with E-state index in [1.165, 1.54) is 24.5 Å². The van der Waals surface area contributed by atoms with Gasteiger partial charge in [-0.15, -0.1) is 0 Å². The van der Waals surface area contributed by atoms with Crippen LogP contribution in [0.2, 0.25) is 0 Å². The van der Waals surface area contributed by atoms with Crippen molar-refractivity contribution in [3.8, 4) is 0 Å². The first-order chi connectivity index (χ1) is 13.9. The lowest BCUT2D eigenvalue weighted by Gasteiger charge is -2.32. The number of nitrogens with two attached hydrogens (primary N) is 1. The first kappa shape index (κ1) is 21.2. The van der Waals surface area contributed by atoms with Crippen LogP contribution in [0.25, 0.3) is 0 Å². The van der Waals surface area contributed by atoms with E-state index < -0.39 is 24.1 Å².